The molecule has 0 saturated heterocycles. The molecule has 2 aromatic carbocycles. The molecule has 6 nitrogen and oxygen atoms in total. The topological polar surface area (TPSA) is 71.1 Å². The van der Waals surface area contributed by atoms with Gasteiger partial charge in [0.05, 0.1) is 14.2 Å². The van der Waals surface area contributed by atoms with Gasteiger partial charge in [0.1, 0.15) is 24.5 Å². The fraction of sp³-hybridized carbons (Fsp3) is 0.333. The summed E-state index contributed by atoms with van der Waals surface area (Å²) >= 11 is 0. The monoisotopic (exact) mass is 370 g/mol. The molecule has 0 fully saturated rings. The molecule has 0 aromatic heterocycles. The molecule has 1 aliphatic heterocycles. The van der Waals surface area contributed by atoms with Crippen LogP contribution < -0.4 is 18.9 Å². The third kappa shape index (κ3) is 3.89. The summed E-state index contributed by atoms with van der Waals surface area (Å²) in [5.74, 6) is 1.14. The van der Waals surface area contributed by atoms with E-state index in [1.807, 2.05) is 19.1 Å². The molecule has 0 bridgehead atoms. The normalized spacial score (nSPS) is 12.4. The van der Waals surface area contributed by atoms with Gasteiger partial charge < -0.3 is 18.9 Å². The number of rotatable bonds is 7. The van der Waals surface area contributed by atoms with Crippen molar-refractivity contribution in [3.8, 4) is 23.0 Å². The number of Topliss-reactive ketones (excluding diaryl/α,β-unsaturated/α-hetero) is 2. The number of carbonyl (C=O) groups excluding carboxylic acids is 2. The molecule has 3 rings (SSSR count). The number of carbonyl (C=O) groups is 2. The highest BCUT2D eigenvalue weighted by atomic mass is 16.6. The highest BCUT2D eigenvalue weighted by Gasteiger charge is 2.28. The molecule has 0 N–H and O–H groups in total. The predicted octanol–water partition coefficient (Wildman–Crippen LogP) is 3.63. The summed E-state index contributed by atoms with van der Waals surface area (Å²) in [6.45, 7) is 2.74. The predicted molar refractivity (Wildman–Crippen MR) is 99.6 cm³/mol. The van der Waals surface area contributed by atoms with E-state index in [2.05, 4.69) is 0 Å². The first-order valence-corrected chi connectivity index (χ1v) is 8.72. The van der Waals surface area contributed by atoms with Gasteiger partial charge in [-0.1, -0.05) is 29.8 Å². The fourth-order valence-electron chi connectivity index (χ4n) is 2.99. The van der Waals surface area contributed by atoms with E-state index in [4.69, 9.17) is 18.9 Å². The molecule has 0 unspecified atom stereocenters. The third-order valence-corrected chi connectivity index (χ3v) is 4.41. The van der Waals surface area contributed by atoms with Crippen LogP contribution in [-0.2, 0) is 0 Å². The highest BCUT2D eigenvalue weighted by Crippen LogP contribution is 2.47. The van der Waals surface area contributed by atoms with Gasteiger partial charge in [-0.05, 0) is 6.92 Å². The SMILES string of the molecule is COc1cc2c(c(OC)c1C(=O)CCC(=O)c1ccc(C)cc1)OCCO2. The number of hydrogen-bond acceptors (Lipinski definition) is 6. The van der Waals surface area contributed by atoms with Crippen LogP contribution in [0.5, 0.6) is 23.0 Å². The van der Waals surface area contributed by atoms with Crippen molar-refractivity contribution in [1.29, 1.82) is 0 Å². The minimum absolute atomic E-state index is 0.0407. The summed E-state index contributed by atoms with van der Waals surface area (Å²) < 4.78 is 22.0. The molecule has 142 valence electrons. The number of fused-ring (bicyclic) bond motifs is 1. The number of benzene rings is 2. The van der Waals surface area contributed by atoms with Gasteiger partial charge in [-0.2, -0.15) is 0 Å². The molecule has 1 aliphatic rings. The number of ketones is 2. The van der Waals surface area contributed by atoms with Gasteiger partial charge in [0.15, 0.2) is 23.1 Å². The molecule has 0 spiro atoms. The molecule has 2 aromatic rings. The summed E-state index contributed by atoms with van der Waals surface area (Å²) in [7, 11) is 2.93. The minimum Gasteiger partial charge on any atom is -0.496 e. The van der Waals surface area contributed by atoms with Gasteiger partial charge in [-0.25, -0.2) is 0 Å². The van der Waals surface area contributed by atoms with Gasteiger partial charge >= 0.3 is 0 Å². The van der Waals surface area contributed by atoms with E-state index in [0.29, 0.717) is 36.0 Å². The lowest BCUT2D eigenvalue weighted by molar-refractivity contribution is 0.0912. The van der Waals surface area contributed by atoms with Gasteiger partial charge in [-0.15, -0.1) is 0 Å². The average Bonchev–Trinajstić information content (AvgIpc) is 2.70. The second kappa shape index (κ2) is 8.12. The van der Waals surface area contributed by atoms with Crippen LogP contribution >= 0.6 is 0 Å². The first-order valence-electron chi connectivity index (χ1n) is 8.72. The number of methoxy groups -OCH3 is 2. The highest BCUT2D eigenvalue weighted by molar-refractivity contribution is 6.06. The van der Waals surface area contributed by atoms with Gasteiger partial charge in [0.25, 0.3) is 0 Å². The molecule has 0 atom stereocenters. The van der Waals surface area contributed by atoms with Crippen molar-refractivity contribution in [3.05, 3.63) is 47.0 Å². The Balaban J connectivity index is 1.83. The van der Waals surface area contributed by atoms with Crippen LogP contribution in [0.3, 0.4) is 0 Å². The first kappa shape index (κ1) is 18.8. The van der Waals surface area contributed by atoms with Crippen molar-refractivity contribution >= 4 is 11.6 Å². The van der Waals surface area contributed by atoms with Crippen LogP contribution in [0.15, 0.2) is 30.3 Å². The maximum atomic E-state index is 12.9. The third-order valence-electron chi connectivity index (χ3n) is 4.41. The van der Waals surface area contributed by atoms with Crippen LogP contribution in [0.2, 0.25) is 0 Å². The van der Waals surface area contributed by atoms with Crippen LogP contribution in [-0.4, -0.2) is 39.0 Å². The summed E-state index contributed by atoms with van der Waals surface area (Å²) in [5, 5.41) is 0. The van der Waals surface area contributed by atoms with Gasteiger partial charge in [-0.3, -0.25) is 9.59 Å². The van der Waals surface area contributed by atoms with E-state index < -0.39 is 0 Å². The van der Waals surface area contributed by atoms with E-state index >= 15 is 0 Å². The quantitative estimate of drug-likeness (QED) is 0.693. The zero-order valence-corrected chi connectivity index (χ0v) is 15.7. The minimum atomic E-state index is -0.249. The fourth-order valence-corrected chi connectivity index (χ4v) is 2.99. The molecule has 0 amide bonds. The van der Waals surface area contributed by atoms with Gasteiger partial charge in [0.2, 0.25) is 5.75 Å². The molecule has 27 heavy (non-hydrogen) atoms. The average molecular weight is 370 g/mol. The Morgan fingerprint density at radius 3 is 2.30 bits per heavy atom. The van der Waals surface area contributed by atoms with E-state index in [-0.39, 0.29) is 35.7 Å². The Hall–Kier alpha value is -3.02. The van der Waals surface area contributed by atoms with Crippen molar-refractivity contribution in [1.82, 2.24) is 0 Å². The maximum absolute atomic E-state index is 12.9. The molecule has 1 heterocycles. The molecular weight excluding hydrogens is 348 g/mol. The summed E-state index contributed by atoms with van der Waals surface area (Å²) in [4.78, 5) is 25.2. The van der Waals surface area contributed by atoms with Crippen molar-refractivity contribution < 1.29 is 28.5 Å². The maximum Gasteiger partial charge on any atom is 0.204 e. The Labute approximate surface area is 158 Å². The smallest absolute Gasteiger partial charge is 0.204 e. The molecule has 0 radical (unpaired) electrons. The lowest BCUT2D eigenvalue weighted by Gasteiger charge is -2.23. The van der Waals surface area contributed by atoms with Gasteiger partial charge in [0, 0.05) is 24.5 Å². The summed E-state index contributed by atoms with van der Waals surface area (Å²) in [5.41, 5.74) is 1.93. The van der Waals surface area contributed by atoms with Crippen molar-refractivity contribution in [2.45, 2.75) is 19.8 Å². The number of aryl methyl sites for hydroxylation is 1. The van der Waals surface area contributed by atoms with Crippen LogP contribution in [0.4, 0.5) is 0 Å². The molecular formula is C21H22O6. The lowest BCUT2D eigenvalue weighted by Crippen LogP contribution is -2.18. The Morgan fingerprint density at radius 1 is 0.963 bits per heavy atom. The standard InChI is InChI=1S/C21H22O6/c1-13-4-6-14(7-5-13)15(22)8-9-16(23)19-17(24-2)12-18-20(21(19)25-3)27-11-10-26-18/h4-7,12H,8-11H2,1-3H3. The van der Waals surface area contributed by atoms with Crippen LogP contribution in [0, 0.1) is 6.92 Å². The zero-order valence-electron chi connectivity index (χ0n) is 15.7. The molecule has 0 aliphatic carbocycles. The van der Waals surface area contributed by atoms with E-state index in [1.54, 1.807) is 18.2 Å². The summed E-state index contributed by atoms with van der Waals surface area (Å²) in [6, 6.07) is 8.91. The second-order valence-corrected chi connectivity index (χ2v) is 6.22. The first-order chi connectivity index (χ1) is 13.0. The Morgan fingerprint density at radius 2 is 1.63 bits per heavy atom. The lowest BCUT2D eigenvalue weighted by atomic mass is 9.99. The van der Waals surface area contributed by atoms with E-state index in [1.165, 1.54) is 14.2 Å². The van der Waals surface area contributed by atoms with E-state index in [9.17, 15) is 9.59 Å². The largest absolute Gasteiger partial charge is 0.496 e. The number of hydrogen-bond donors (Lipinski definition) is 0. The second-order valence-electron chi connectivity index (χ2n) is 6.22. The molecule has 0 saturated carbocycles. The number of ether oxygens (including phenoxy) is 4. The molecule has 6 heteroatoms. The van der Waals surface area contributed by atoms with Crippen molar-refractivity contribution in [2.24, 2.45) is 0 Å². The van der Waals surface area contributed by atoms with E-state index in [0.717, 1.165) is 5.56 Å². The van der Waals surface area contributed by atoms with Crippen LogP contribution in [0.25, 0.3) is 0 Å². The van der Waals surface area contributed by atoms with Crippen molar-refractivity contribution in [2.75, 3.05) is 27.4 Å². The van der Waals surface area contributed by atoms with Crippen LogP contribution in [0.1, 0.15) is 39.1 Å². The zero-order chi connectivity index (χ0) is 19.4. The Kier molecular flexibility index (Phi) is 5.64. The van der Waals surface area contributed by atoms with Crippen molar-refractivity contribution in [3.63, 3.8) is 0 Å². The summed E-state index contributed by atoms with van der Waals surface area (Å²) in [6.07, 6.45) is 0.141. The Bertz CT molecular complexity index is 854.